The van der Waals surface area contributed by atoms with Crippen LogP contribution in [0, 0.1) is 5.92 Å². The molecule has 0 saturated carbocycles. The summed E-state index contributed by atoms with van der Waals surface area (Å²) in [5.41, 5.74) is 1.52. The second-order valence-corrected chi connectivity index (χ2v) is 5.77. The van der Waals surface area contributed by atoms with E-state index in [0.29, 0.717) is 0 Å². The molecule has 11 heavy (non-hydrogen) atoms. The van der Waals surface area contributed by atoms with E-state index in [2.05, 4.69) is 44.2 Å². The third-order valence-electron chi connectivity index (χ3n) is 2.03. The van der Waals surface area contributed by atoms with Gasteiger partial charge in [0.25, 0.3) is 0 Å². The van der Waals surface area contributed by atoms with Gasteiger partial charge in [-0.1, -0.05) is 0 Å². The van der Waals surface area contributed by atoms with Gasteiger partial charge in [-0.3, -0.25) is 0 Å². The van der Waals surface area contributed by atoms with Gasteiger partial charge in [0.05, 0.1) is 0 Å². The molecule has 0 aromatic heterocycles. The Labute approximate surface area is 82.1 Å². The van der Waals surface area contributed by atoms with Gasteiger partial charge >= 0.3 is 82.1 Å². The van der Waals surface area contributed by atoms with E-state index < -0.39 is 0 Å². The first-order valence-electron chi connectivity index (χ1n) is 4.10. The third kappa shape index (κ3) is 2.51. The predicted octanol–water partition coefficient (Wildman–Crippen LogP) is 2.02. The van der Waals surface area contributed by atoms with Crippen LogP contribution in [0.4, 0.5) is 0 Å². The van der Waals surface area contributed by atoms with E-state index in [0.717, 1.165) is 32.4 Å². The first-order chi connectivity index (χ1) is 5.22. The molecular formula is C10H15Sn. The maximum atomic E-state index is 2.30. The molecule has 1 atom stereocenters. The van der Waals surface area contributed by atoms with Crippen LogP contribution in [0.5, 0.6) is 0 Å². The minimum atomic E-state index is 0.809. The molecule has 0 fully saturated rings. The summed E-state index contributed by atoms with van der Waals surface area (Å²) in [5.74, 6) is 0.809. The van der Waals surface area contributed by atoms with E-state index >= 15 is 0 Å². The predicted molar refractivity (Wildman–Crippen MR) is 52.6 cm³/mol. The molecule has 0 amide bonds. The van der Waals surface area contributed by atoms with Crippen LogP contribution < -0.4 is 0 Å². The molecule has 0 spiro atoms. The van der Waals surface area contributed by atoms with E-state index in [4.69, 9.17) is 0 Å². The monoisotopic (exact) mass is 255 g/mol. The van der Waals surface area contributed by atoms with E-state index in [9.17, 15) is 0 Å². The summed E-state index contributed by atoms with van der Waals surface area (Å²) < 4.78 is 0.847. The van der Waals surface area contributed by atoms with Gasteiger partial charge in [0.15, 0.2) is 0 Å². The summed E-state index contributed by atoms with van der Waals surface area (Å²) in [5, 5.41) is 0. The number of rotatable bonds is 2. The van der Waals surface area contributed by atoms with Crippen LogP contribution in [0.15, 0.2) is 30.3 Å². The van der Waals surface area contributed by atoms with Gasteiger partial charge in [-0.15, -0.1) is 0 Å². The molecule has 1 aromatic rings. The summed E-state index contributed by atoms with van der Waals surface area (Å²) in [6.45, 7) is 4.61. The molecule has 1 rings (SSSR count). The van der Waals surface area contributed by atoms with Crippen molar-refractivity contribution in [2.24, 2.45) is 5.92 Å². The Hall–Kier alpha value is 0.0187. The number of benzene rings is 1. The van der Waals surface area contributed by atoms with Crippen LogP contribution in [0.25, 0.3) is 0 Å². The summed E-state index contributed by atoms with van der Waals surface area (Å²) in [4.78, 5) is 0. The molecule has 1 unspecified atom stereocenters. The van der Waals surface area contributed by atoms with Crippen molar-refractivity contribution >= 4 is 22.5 Å². The van der Waals surface area contributed by atoms with Crippen molar-refractivity contribution in [3.05, 3.63) is 35.9 Å². The van der Waals surface area contributed by atoms with Crippen LogP contribution in [0.3, 0.4) is 0 Å². The topological polar surface area (TPSA) is 0 Å². The first-order valence-corrected chi connectivity index (χ1v) is 6.43. The van der Waals surface area contributed by atoms with Crippen molar-refractivity contribution in [3.8, 4) is 0 Å². The molecule has 0 heterocycles. The number of hydrogen-bond donors (Lipinski definition) is 0. The van der Waals surface area contributed by atoms with Crippen molar-refractivity contribution in [1.82, 2.24) is 0 Å². The van der Waals surface area contributed by atoms with Gasteiger partial charge in [-0.25, -0.2) is 0 Å². The molecule has 1 aromatic carbocycles. The van der Waals surface area contributed by atoms with Crippen molar-refractivity contribution in [2.75, 3.05) is 0 Å². The average molecular weight is 254 g/mol. The third-order valence-corrected chi connectivity index (χ3v) is 6.07. The van der Waals surface area contributed by atoms with Gasteiger partial charge in [0.1, 0.15) is 0 Å². The Balaban J connectivity index is 2.77. The zero-order valence-corrected chi connectivity index (χ0v) is 11.3. The Morgan fingerprint density at radius 1 is 1.09 bits per heavy atom. The molecule has 0 aliphatic rings. The SMILES string of the molecule is CC(C)[CH]([SnH2])c1ccccc1. The fourth-order valence-corrected chi connectivity index (χ4v) is 1.86. The number of hydrogen-bond acceptors (Lipinski definition) is 0. The van der Waals surface area contributed by atoms with E-state index in [1.807, 2.05) is 0 Å². The Kier molecular flexibility index (Phi) is 3.43. The van der Waals surface area contributed by atoms with Crippen molar-refractivity contribution < 1.29 is 0 Å². The standard InChI is InChI=1S/C10H13.Sn.2H/c1-9(2)8-10-6-4-3-5-7-10;;;/h3-9H,1-2H3;;;. The summed E-state index contributed by atoms with van der Waals surface area (Å²) in [6.07, 6.45) is 0. The molecule has 1 heteroatoms. The van der Waals surface area contributed by atoms with Crippen LogP contribution >= 0.6 is 0 Å². The zero-order chi connectivity index (χ0) is 8.27. The Morgan fingerprint density at radius 2 is 1.64 bits per heavy atom. The fourth-order valence-electron chi connectivity index (χ4n) is 1.09. The molecule has 0 aliphatic carbocycles. The quantitative estimate of drug-likeness (QED) is 0.708. The second kappa shape index (κ2) is 4.15. The minimum absolute atomic E-state index is 0.809. The van der Waals surface area contributed by atoms with Gasteiger partial charge in [0, 0.05) is 0 Å². The van der Waals surface area contributed by atoms with Crippen LogP contribution in [-0.2, 0) is 0 Å². The fraction of sp³-hybridized carbons (Fsp3) is 0.400. The van der Waals surface area contributed by atoms with Gasteiger partial charge in [-0.05, 0) is 0 Å². The average Bonchev–Trinajstić information content (AvgIpc) is 2.05. The Bertz CT molecular complexity index is 203. The summed E-state index contributed by atoms with van der Waals surface area (Å²) in [6, 6.07) is 10.8. The molecule has 0 bridgehead atoms. The van der Waals surface area contributed by atoms with Gasteiger partial charge in [-0.2, -0.15) is 0 Å². The summed E-state index contributed by atoms with van der Waals surface area (Å²) in [7, 11) is 0. The van der Waals surface area contributed by atoms with Crippen molar-refractivity contribution in [2.45, 2.75) is 17.8 Å². The van der Waals surface area contributed by atoms with E-state index in [-0.39, 0.29) is 0 Å². The summed E-state index contributed by atoms with van der Waals surface area (Å²) >= 11 is 1.03. The van der Waals surface area contributed by atoms with E-state index in [1.54, 1.807) is 0 Å². The molecular weight excluding hydrogens is 239 g/mol. The van der Waals surface area contributed by atoms with Gasteiger partial charge < -0.3 is 0 Å². The van der Waals surface area contributed by atoms with Gasteiger partial charge in [0.2, 0.25) is 0 Å². The first kappa shape index (κ1) is 9.11. The second-order valence-electron chi connectivity index (χ2n) is 3.26. The molecule has 0 N–H and O–H groups in total. The van der Waals surface area contributed by atoms with Crippen molar-refractivity contribution in [1.29, 1.82) is 0 Å². The molecule has 0 nitrogen and oxygen atoms in total. The molecule has 0 saturated heterocycles. The zero-order valence-electron chi connectivity index (χ0n) is 7.25. The van der Waals surface area contributed by atoms with Crippen LogP contribution in [0.2, 0.25) is 0 Å². The maximum absolute atomic E-state index is 2.30. The van der Waals surface area contributed by atoms with Crippen LogP contribution in [0.1, 0.15) is 23.3 Å². The molecule has 1 radical (unpaired) electrons. The molecule has 0 aliphatic heterocycles. The normalized spacial score (nSPS) is 13.5. The van der Waals surface area contributed by atoms with E-state index in [1.165, 1.54) is 5.56 Å². The van der Waals surface area contributed by atoms with Crippen LogP contribution in [-0.4, -0.2) is 22.5 Å². The van der Waals surface area contributed by atoms with Crippen molar-refractivity contribution in [3.63, 3.8) is 0 Å². The Morgan fingerprint density at radius 3 is 2.09 bits per heavy atom. The molecule has 59 valence electrons.